The van der Waals surface area contributed by atoms with Gasteiger partial charge < -0.3 is 19.7 Å². The predicted molar refractivity (Wildman–Crippen MR) is 117 cm³/mol. The molecule has 2 amide bonds. The summed E-state index contributed by atoms with van der Waals surface area (Å²) in [5, 5.41) is 3.76. The van der Waals surface area contributed by atoms with E-state index >= 15 is 0 Å². The number of urea groups is 1. The minimum Gasteiger partial charge on any atom is -0.493 e. The summed E-state index contributed by atoms with van der Waals surface area (Å²) in [6.45, 7) is 4.72. The average Bonchev–Trinajstić information content (AvgIpc) is 3.49. The first-order chi connectivity index (χ1) is 14.6. The number of hydrogen-bond acceptors (Lipinski definition) is 3. The van der Waals surface area contributed by atoms with E-state index in [9.17, 15) is 4.79 Å². The quantitative estimate of drug-likeness (QED) is 0.706. The summed E-state index contributed by atoms with van der Waals surface area (Å²) in [6.07, 6.45) is 2.56. The molecule has 2 aliphatic heterocycles. The lowest BCUT2D eigenvalue weighted by atomic mass is 9.86. The van der Waals surface area contributed by atoms with Gasteiger partial charge >= 0.3 is 6.03 Å². The summed E-state index contributed by atoms with van der Waals surface area (Å²) in [5.41, 5.74) is 2.78. The van der Waals surface area contributed by atoms with Gasteiger partial charge in [0.2, 0.25) is 0 Å². The van der Waals surface area contributed by atoms with Gasteiger partial charge in [0, 0.05) is 41.3 Å². The van der Waals surface area contributed by atoms with Crippen LogP contribution >= 0.6 is 11.6 Å². The molecule has 1 saturated carbocycles. The molecule has 1 aliphatic carbocycles. The van der Waals surface area contributed by atoms with Crippen molar-refractivity contribution in [1.82, 2.24) is 4.90 Å². The van der Waals surface area contributed by atoms with Crippen molar-refractivity contribution in [3.8, 4) is 5.75 Å². The molecule has 5 rings (SSSR count). The van der Waals surface area contributed by atoms with Crippen LogP contribution in [-0.2, 0) is 4.74 Å². The van der Waals surface area contributed by atoms with Crippen LogP contribution in [0.25, 0.3) is 0 Å². The molecule has 2 aromatic carbocycles. The van der Waals surface area contributed by atoms with Crippen molar-refractivity contribution in [3.05, 3.63) is 58.6 Å². The Morgan fingerprint density at radius 3 is 2.87 bits per heavy atom. The van der Waals surface area contributed by atoms with Crippen molar-refractivity contribution in [2.24, 2.45) is 17.8 Å². The SMILES string of the molecule is Cc1cc(NC(=O)N2C[C@@H](COCC3CC3)[C@@H]3COc4ccccc4[C@@H]32)ccc1Cl. The van der Waals surface area contributed by atoms with E-state index in [2.05, 4.69) is 11.4 Å². The Hall–Kier alpha value is -2.24. The molecule has 2 heterocycles. The van der Waals surface area contributed by atoms with Crippen molar-refractivity contribution < 1.29 is 14.3 Å². The van der Waals surface area contributed by atoms with Crippen molar-refractivity contribution in [2.75, 3.05) is 31.7 Å². The lowest BCUT2D eigenvalue weighted by molar-refractivity contribution is 0.0644. The van der Waals surface area contributed by atoms with Crippen LogP contribution in [0.3, 0.4) is 0 Å². The van der Waals surface area contributed by atoms with Gasteiger partial charge in [-0.3, -0.25) is 0 Å². The van der Waals surface area contributed by atoms with Crippen molar-refractivity contribution in [3.63, 3.8) is 0 Å². The summed E-state index contributed by atoms with van der Waals surface area (Å²) < 4.78 is 12.1. The van der Waals surface area contributed by atoms with E-state index in [0.29, 0.717) is 24.8 Å². The molecule has 5 nitrogen and oxygen atoms in total. The number of carbonyl (C=O) groups is 1. The largest absolute Gasteiger partial charge is 0.493 e. The van der Waals surface area contributed by atoms with Crippen molar-refractivity contribution in [2.45, 2.75) is 25.8 Å². The first-order valence-electron chi connectivity index (χ1n) is 10.7. The number of nitrogens with one attached hydrogen (secondary N) is 1. The van der Waals surface area contributed by atoms with Crippen LogP contribution in [0.15, 0.2) is 42.5 Å². The normalized spacial score (nSPS) is 24.7. The molecule has 0 unspecified atom stereocenters. The number of para-hydroxylation sites is 1. The summed E-state index contributed by atoms with van der Waals surface area (Å²) in [4.78, 5) is 15.3. The standard InChI is InChI=1S/C24H27ClN2O3/c1-15-10-18(8-9-21(15)25)26-24(28)27-11-17(13-29-12-16-6-7-16)20-14-30-22-5-3-2-4-19(22)23(20)27/h2-5,8-10,16-17,20,23H,6-7,11-14H2,1H3,(H,26,28)/t17-,20-,23-/m0/s1. The minimum atomic E-state index is -0.0897. The van der Waals surface area contributed by atoms with E-state index < -0.39 is 0 Å². The Morgan fingerprint density at radius 1 is 1.23 bits per heavy atom. The molecule has 2 fully saturated rings. The Bertz CT molecular complexity index is 946. The molecule has 1 saturated heterocycles. The van der Waals surface area contributed by atoms with Gasteiger partial charge in [-0.25, -0.2) is 4.79 Å². The fourth-order valence-corrected chi connectivity index (χ4v) is 4.75. The van der Waals surface area contributed by atoms with Crippen LogP contribution in [-0.4, -0.2) is 37.3 Å². The van der Waals surface area contributed by atoms with Gasteiger partial charge in [-0.15, -0.1) is 0 Å². The second-order valence-corrected chi connectivity index (χ2v) is 9.15. The molecule has 0 aromatic heterocycles. The minimum absolute atomic E-state index is 0.00197. The molecule has 2 aromatic rings. The summed E-state index contributed by atoms with van der Waals surface area (Å²) in [5.74, 6) is 2.10. The number of amides is 2. The number of likely N-dealkylation sites (tertiary alicyclic amines) is 1. The van der Waals surface area contributed by atoms with Crippen LogP contribution < -0.4 is 10.1 Å². The van der Waals surface area contributed by atoms with Crippen LogP contribution in [0.5, 0.6) is 5.75 Å². The van der Waals surface area contributed by atoms with E-state index in [1.165, 1.54) is 12.8 Å². The number of rotatable bonds is 5. The van der Waals surface area contributed by atoms with Gasteiger partial charge in [-0.05, 0) is 55.5 Å². The maximum Gasteiger partial charge on any atom is 0.322 e. The number of halogens is 1. The van der Waals surface area contributed by atoms with Gasteiger partial charge in [0.1, 0.15) is 5.75 Å². The smallest absolute Gasteiger partial charge is 0.322 e. The number of carbonyl (C=O) groups excluding carboxylic acids is 1. The third-order valence-electron chi connectivity index (χ3n) is 6.50. The van der Waals surface area contributed by atoms with E-state index in [1.807, 2.05) is 48.2 Å². The van der Waals surface area contributed by atoms with Crippen molar-refractivity contribution in [1.29, 1.82) is 0 Å². The number of fused-ring (bicyclic) bond motifs is 3. The summed E-state index contributed by atoms with van der Waals surface area (Å²) >= 11 is 6.13. The molecule has 0 spiro atoms. The number of anilines is 1. The average molecular weight is 427 g/mol. The van der Waals surface area contributed by atoms with Gasteiger partial charge in [-0.2, -0.15) is 0 Å². The van der Waals surface area contributed by atoms with Gasteiger partial charge in [0.15, 0.2) is 0 Å². The molecular weight excluding hydrogens is 400 g/mol. The topological polar surface area (TPSA) is 50.8 Å². The monoisotopic (exact) mass is 426 g/mol. The number of nitrogens with zero attached hydrogens (tertiary/aromatic N) is 1. The maximum atomic E-state index is 13.3. The second kappa shape index (κ2) is 8.12. The zero-order valence-electron chi connectivity index (χ0n) is 17.1. The van der Waals surface area contributed by atoms with E-state index in [1.54, 1.807) is 0 Å². The van der Waals surface area contributed by atoms with Crippen molar-refractivity contribution >= 4 is 23.3 Å². The van der Waals surface area contributed by atoms with Gasteiger partial charge in [-0.1, -0.05) is 29.8 Å². The highest BCUT2D eigenvalue weighted by Gasteiger charge is 2.48. The maximum absolute atomic E-state index is 13.3. The van der Waals surface area contributed by atoms with Gasteiger partial charge in [0.05, 0.1) is 19.3 Å². The van der Waals surface area contributed by atoms with E-state index in [0.717, 1.165) is 35.1 Å². The van der Waals surface area contributed by atoms with Crippen LogP contribution in [0.4, 0.5) is 10.5 Å². The lowest BCUT2D eigenvalue weighted by Gasteiger charge is -2.34. The van der Waals surface area contributed by atoms with E-state index in [-0.39, 0.29) is 23.9 Å². The molecule has 0 bridgehead atoms. The Morgan fingerprint density at radius 2 is 2.07 bits per heavy atom. The summed E-state index contributed by atoms with van der Waals surface area (Å²) in [7, 11) is 0. The molecular formula is C24H27ClN2O3. The van der Waals surface area contributed by atoms with Crippen LogP contribution in [0.1, 0.15) is 30.0 Å². The van der Waals surface area contributed by atoms with Gasteiger partial charge in [0.25, 0.3) is 0 Å². The molecule has 1 N–H and O–H groups in total. The fraction of sp³-hybridized carbons (Fsp3) is 0.458. The molecule has 3 atom stereocenters. The Labute approximate surface area is 182 Å². The number of benzene rings is 2. The fourth-order valence-electron chi connectivity index (χ4n) is 4.63. The molecule has 6 heteroatoms. The van der Waals surface area contributed by atoms with Crippen LogP contribution in [0.2, 0.25) is 5.02 Å². The Balaban J connectivity index is 1.37. The predicted octanol–water partition coefficient (Wildman–Crippen LogP) is 5.29. The number of aryl methyl sites for hydroxylation is 1. The first-order valence-corrected chi connectivity index (χ1v) is 11.1. The van der Waals surface area contributed by atoms with E-state index in [4.69, 9.17) is 21.1 Å². The highest BCUT2D eigenvalue weighted by molar-refractivity contribution is 6.31. The molecule has 3 aliphatic rings. The summed E-state index contributed by atoms with van der Waals surface area (Å²) in [6, 6.07) is 13.5. The first kappa shape index (κ1) is 19.7. The number of hydrogen-bond donors (Lipinski definition) is 1. The zero-order chi connectivity index (χ0) is 20.7. The molecule has 158 valence electrons. The number of ether oxygens (including phenoxy) is 2. The molecule has 30 heavy (non-hydrogen) atoms. The third kappa shape index (κ3) is 3.88. The molecule has 0 radical (unpaired) electrons. The highest BCUT2D eigenvalue weighted by Crippen LogP contribution is 2.47. The second-order valence-electron chi connectivity index (χ2n) is 8.74. The third-order valence-corrected chi connectivity index (χ3v) is 6.92. The van der Waals surface area contributed by atoms with Crippen LogP contribution in [0, 0.1) is 24.7 Å². The lowest BCUT2D eigenvalue weighted by Crippen LogP contribution is -2.38. The highest BCUT2D eigenvalue weighted by atomic mass is 35.5. The zero-order valence-corrected chi connectivity index (χ0v) is 17.9. The Kier molecular flexibility index (Phi) is 5.34.